The second-order valence-corrected chi connectivity index (χ2v) is 9.41. The highest BCUT2D eigenvalue weighted by atomic mass is 16.5. The molecule has 10 heteroatoms. The molecule has 5 rings (SSSR count). The Kier molecular flexibility index (Phi) is 7.10. The number of anilines is 4. The lowest BCUT2D eigenvalue weighted by atomic mass is 9.92. The van der Waals surface area contributed by atoms with E-state index in [1.807, 2.05) is 31.3 Å². The number of imidazole rings is 1. The zero-order valence-electron chi connectivity index (χ0n) is 20.3. The first-order valence-corrected chi connectivity index (χ1v) is 12.5. The molecule has 3 N–H and O–H groups in total. The molecular weight excluding hydrogens is 444 g/mol. The predicted octanol–water partition coefficient (Wildman–Crippen LogP) is 2.72. The fourth-order valence-corrected chi connectivity index (χ4v) is 4.95. The number of hydrogen-bond donors (Lipinski definition) is 2. The average molecular weight is 479 g/mol. The molecule has 2 aliphatic rings. The molecule has 3 aromatic rings. The van der Waals surface area contributed by atoms with E-state index in [0.717, 1.165) is 86.8 Å². The number of rotatable bonds is 8. The standard InChI is InChI=1S/C25H34N8O2/c1-31-21(17-32-10-8-18(9-11-32)5-4-14-34)28-22-23(31)29-25(27-20-7-3-2-6-19(20)26)30-24(22)33-12-15-35-16-13-33/h2-3,6-7,14,18H,4-5,8-13,15-17,26H2,1H3,(H,27,29,30). The van der Waals surface area contributed by atoms with E-state index in [-0.39, 0.29) is 0 Å². The van der Waals surface area contributed by atoms with Crippen LogP contribution in [-0.4, -0.2) is 70.1 Å². The number of nitrogens with one attached hydrogen (secondary N) is 1. The molecule has 2 aromatic heterocycles. The van der Waals surface area contributed by atoms with Gasteiger partial charge in [0, 0.05) is 26.6 Å². The van der Waals surface area contributed by atoms with Crippen LogP contribution in [0.1, 0.15) is 31.5 Å². The first-order chi connectivity index (χ1) is 17.1. The molecule has 35 heavy (non-hydrogen) atoms. The molecule has 10 nitrogen and oxygen atoms in total. The third-order valence-electron chi connectivity index (χ3n) is 7.08. The smallest absolute Gasteiger partial charge is 0.231 e. The molecular formula is C25H34N8O2. The van der Waals surface area contributed by atoms with Gasteiger partial charge in [-0.05, 0) is 50.4 Å². The van der Waals surface area contributed by atoms with Crippen molar-refractivity contribution in [3.05, 3.63) is 30.1 Å². The summed E-state index contributed by atoms with van der Waals surface area (Å²) in [6, 6.07) is 7.62. The number of ether oxygens (including phenoxy) is 1. The normalized spacial score (nSPS) is 17.7. The van der Waals surface area contributed by atoms with Gasteiger partial charge in [0.15, 0.2) is 17.0 Å². The second-order valence-electron chi connectivity index (χ2n) is 9.41. The molecule has 2 aliphatic heterocycles. The molecule has 0 bridgehead atoms. The number of aromatic nitrogens is 4. The van der Waals surface area contributed by atoms with Crippen molar-refractivity contribution in [3.63, 3.8) is 0 Å². The van der Waals surface area contributed by atoms with Crippen LogP contribution in [0.5, 0.6) is 0 Å². The maximum atomic E-state index is 10.7. The molecule has 0 aliphatic carbocycles. The Labute approximate surface area is 205 Å². The number of nitrogens with two attached hydrogens (primary N) is 1. The molecule has 4 heterocycles. The predicted molar refractivity (Wildman–Crippen MR) is 137 cm³/mol. The largest absolute Gasteiger partial charge is 0.397 e. The Morgan fingerprint density at radius 3 is 2.63 bits per heavy atom. The zero-order chi connectivity index (χ0) is 24.2. The maximum Gasteiger partial charge on any atom is 0.231 e. The highest BCUT2D eigenvalue weighted by molar-refractivity contribution is 5.86. The lowest BCUT2D eigenvalue weighted by molar-refractivity contribution is -0.108. The molecule has 0 spiro atoms. The van der Waals surface area contributed by atoms with Gasteiger partial charge in [-0.2, -0.15) is 9.97 Å². The molecule has 186 valence electrons. The number of aryl methyl sites for hydroxylation is 1. The van der Waals surface area contributed by atoms with E-state index in [9.17, 15) is 4.79 Å². The van der Waals surface area contributed by atoms with Crippen LogP contribution in [0.25, 0.3) is 11.2 Å². The van der Waals surface area contributed by atoms with Gasteiger partial charge < -0.3 is 30.0 Å². The van der Waals surface area contributed by atoms with Gasteiger partial charge in [-0.3, -0.25) is 4.90 Å². The maximum absolute atomic E-state index is 10.7. The Morgan fingerprint density at radius 1 is 1.11 bits per heavy atom. The zero-order valence-corrected chi connectivity index (χ0v) is 20.3. The third-order valence-corrected chi connectivity index (χ3v) is 7.08. The van der Waals surface area contributed by atoms with Crippen molar-refractivity contribution in [2.75, 3.05) is 55.3 Å². The summed E-state index contributed by atoms with van der Waals surface area (Å²) in [7, 11) is 2.03. The molecule has 0 unspecified atom stereocenters. The number of fused-ring (bicyclic) bond motifs is 1. The van der Waals surface area contributed by atoms with Gasteiger partial charge in [0.2, 0.25) is 5.95 Å². The van der Waals surface area contributed by atoms with Gasteiger partial charge in [-0.25, -0.2) is 4.98 Å². The van der Waals surface area contributed by atoms with E-state index in [0.29, 0.717) is 37.2 Å². The highest BCUT2D eigenvalue weighted by Crippen LogP contribution is 2.29. The van der Waals surface area contributed by atoms with Crippen LogP contribution < -0.4 is 16.0 Å². The summed E-state index contributed by atoms with van der Waals surface area (Å²) in [5.74, 6) is 2.95. The van der Waals surface area contributed by atoms with Crippen molar-refractivity contribution in [2.24, 2.45) is 13.0 Å². The van der Waals surface area contributed by atoms with E-state index in [4.69, 9.17) is 25.4 Å². The number of nitrogens with zero attached hydrogens (tertiary/aromatic N) is 6. The van der Waals surface area contributed by atoms with E-state index < -0.39 is 0 Å². The van der Waals surface area contributed by atoms with E-state index in [2.05, 4.69) is 19.7 Å². The molecule has 0 atom stereocenters. The fourth-order valence-electron chi connectivity index (χ4n) is 4.95. The van der Waals surface area contributed by atoms with Crippen LogP contribution in [0.2, 0.25) is 0 Å². The lowest BCUT2D eigenvalue weighted by Crippen LogP contribution is -2.37. The van der Waals surface area contributed by atoms with Gasteiger partial charge >= 0.3 is 0 Å². The average Bonchev–Trinajstić information content (AvgIpc) is 3.20. The second kappa shape index (κ2) is 10.6. The van der Waals surface area contributed by atoms with E-state index in [1.54, 1.807) is 0 Å². The number of carbonyl (C=O) groups is 1. The van der Waals surface area contributed by atoms with Crippen LogP contribution in [-0.2, 0) is 23.1 Å². The Morgan fingerprint density at radius 2 is 1.89 bits per heavy atom. The Balaban J connectivity index is 1.43. The monoisotopic (exact) mass is 478 g/mol. The fraction of sp³-hybridized carbons (Fsp3) is 0.520. The van der Waals surface area contributed by atoms with E-state index >= 15 is 0 Å². The van der Waals surface area contributed by atoms with Crippen molar-refractivity contribution < 1.29 is 9.53 Å². The highest BCUT2D eigenvalue weighted by Gasteiger charge is 2.25. The summed E-state index contributed by atoms with van der Waals surface area (Å²) in [6.45, 7) is 5.67. The molecule has 0 radical (unpaired) electrons. The molecule has 2 saturated heterocycles. The summed E-state index contributed by atoms with van der Waals surface area (Å²) in [5.41, 5.74) is 9.19. The summed E-state index contributed by atoms with van der Waals surface area (Å²) < 4.78 is 7.65. The van der Waals surface area contributed by atoms with Crippen molar-refractivity contribution in [2.45, 2.75) is 32.2 Å². The molecule has 0 amide bonds. The number of piperidine rings is 1. The van der Waals surface area contributed by atoms with E-state index in [1.165, 1.54) is 0 Å². The van der Waals surface area contributed by atoms with Gasteiger partial charge in [-0.1, -0.05) is 12.1 Å². The number of likely N-dealkylation sites (tertiary alicyclic amines) is 1. The summed E-state index contributed by atoms with van der Waals surface area (Å²) in [6.07, 6.45) is 4.97. The summed E-state index contributed by atoms with van der Waals surface area (Å²) in [5, 5.41) is 3.30. The Hall–Kier alpha value is -3.24. The lowest BCUT2D eigenvalue weighted by Gasteiger charge is -2.31. The van der Waals surface area contributed by atoms with Crippen LogP contribution in [0.4, 0.5) is 23.1 Å². The minimum absolute atomic E-state index is 0.502. The third kappa shape index (κ3) is 5.23. The number of morpholine rings is 1. The van der Waals surface area contributed by atoms with Crippen LogP contribution in [0.3, 0.4) is 0 Å². The van der Waals surface area contributed by atoms with Crippen LogP contribution in [0, 0.1) is 5.92 Å². The summed E-state index contributed by atoms with van der Waals surface area (Å²) in [4.78, 5) is 30.1. The van der Waals surface area contributed by atoms with Crippen LogP contribution >= 0.6 is 0 Å². The number of para-hydroxylation sites is 2. The molecule has 2 fully saturated rings. The Bertz CT molecular complexity index is 1170. The number of benzene rings is 1. The SMILES string of the molecule is Cn1c(CN2CCC(CCC=O)CC2)nc2c(N3CCOCC3)nc(Nc3ccccc3N)nc21. The number of aldehydes is 1. The van der Waals surface area contributed by atoms with Crippen molar-refractivity contribution >= 4 is 40.6 Å². The first kappa shape index (κ1) is 23.5. The minimum atomic E-state index is 0.502. The van der Waals surface area contributed by atoms with Gasteiger partial charge in [0.25, 0.3) is 0 Å². The molecule has 0 saturated carbocycles. The topological polar surface area (TPSA) is 114 Å². The number of carbonyl (C=O) groups excluding carboxylic acids is 1. The van der Waals surface area contributed by atoms with Gasteiger partial charge in [-0.15, -0.1) is 0 Å². The van der Waals surface area contributed by atoms with Crippen LogP contribution in [0.15, 0.2) is 24.3 Å². The van der Waals surface area contributed by atoms with Crippen molar-refractivity contribution in [1.82, 2.24) is 24.4 Å². The van der Waals surface area contributed by atoms with Gasteiger partial charge in [0.1, 0.15) is 12.1 Å². The summed E-state index contributed by atoms with van der Waals surface area (Å²) >= 11 is 0. The number of hydrogen-bond acceptors (Lipinski definition) is 9. The molecule has 1 aromatic carbocycles. The number of nitrogen functional groups attached to an aromatic ring is 1. The van der Waals surface area contributed by atoms with Gasteiger partial charge in [0.05, 0.1) is 31.1 Å². The first-order valence-electron chi connectivity index (χ1n) is 12.5. The van der Waals surface area contributed by atoms with Crippen molar-refractivity contribution in [3.8, 4) is 0 Å². The minimum Gasteiger partial charge on any atom is -0.397 e. The van der Waals surface area contributed by atoms with Crippen molar-refractivity contribution in [1.29, 1.82) is 0 Å². The quantitative estimate of drug-likeness (QED) is 0.372.